The molecule has 0 aliphatic rings. The maximum absolute atomic E-state index is 14.2. The molecule has 2 N–H and O–H groups in total. The molecule has 12 heteroatoms. The largest absolute Gasteiger partial charge is 0.408 e. The highest BCUT2D eigenvalue weighted by atomic mass is 35.5. The summed E-state index contributed by atoms with van der Waals surface area (Å²) in [6.07, 6.45) is -4.71. The van der Waals surface area contributed by atoms with Gasteiger partial charge in [0.05, 0.1) is 5.56 Å². The van der Waals surface area contributed by atoms with Crippen molar-refractivity contribution in [1.82, 2.24) is 15.3 Å². The Morgan fingerprint density at radius 1 is 1.18 bits per heavy atom. The monoisotopic (exact) mass is 422 g/mol. The number of nitrogens with zero attached hydrogens (tertiary/aromatic N) is 2. The Labute approximate surface area is 160 Å². The van der Waals surface area contributed by atoms with Crippen LogP contribution in [0.5, 0.6) is 0 Å². The molecule has 0 aliphatic heterocycles. The zero-order valence-corrected chi connectivity index (χ0v) is 15.0. The molecule has 28 heavy (non-hydrogen) atoms. The zero-order chi connectivity index (χ0) is 21.2. The van der Waals surface area contributed by atoms with Crippen LogP contribution in [0.4, 0.5) is 27.8 Å². The molecule has 0 saturated heterocycles. The lowest BCUT2D eigenvalue weighted by molar-refractivity contribution is -0.138. The lowest BCUT2D eigenvalue weighted by atomic mass is 10.1. The van der Waals surface area contributed by atoms with Crippen molar-refractivity contribution in [3.63, 3.8) is 0 Å². The minimum absolute atomic E-state index is 0.387. The van der Waals surface area contributed by atoms with Gasteiger partial charge in [-0.05, 0) is 19.1 Å². The van der Waals surface area contributed by atoms with Gasteiger partial charge in [0.15, 0.2) is 0 Å². The van der Waals surface area contributed by atoms with Crippen LogP contribution in [-0.4, -0.2) is 34.0 Å². The van der Waals surface area contributed by atoms with E-state index in [1.54, 1.807) is 0 Å². The first kappa shape index (κ1) is 21.5. The second kappa shape index (κ2) is 8.05. The summed E-state index contributed by atoms with van der Waals surface area (Å²) in [6, 6.07) is 0.138. The van der Waals surface area contributed by atoms with E-state index >= 15 is 0 Å². The number of halogens is 6. The fraction of sp³-hybridized carbons (Fsp3) is 0.250. The van der Waals surface area contributed by atoms with Crippen LogP contribution in [0.15, 0.2) is 18.2 Å². The number of amides is 2. The first-order valence-electron chi connectivity index (χ1n) is 7.58. The molecule has 1 heterocycles. The van der Waals surface area contributed by atoms with Gasteiger partial charge in [0.1, 0.15) is 28.6 Å². The molecule has 0 aliphatic carbocycles. The van der Waals surface area contributed by atoms with Crippen LogP contribution in [0.2, 0.25) is 5.15 Å². The molecule has 1 atom stereocenters. The van der Waals surface area contributed by atoms with Crippen molar-refractivity contribution >= 4 is 29.2 Å². The van der Waals surface area contributed by atoms with Crippen molar-refractivity contribution in [1.29, 1.82) is 0 Å². The van der Waals surface area contributed by atoms with Gasteiger partial charge in [-0.2, -0.15) is 13.2 Å². The molecule has 0 fully saturated rings. The number of rotatable bonds is 4. The van der Waals surface area contributed by atoms with E-state index in [-0.39, 0.29) is 5.56 Å². The minimum atomic E-state index is -4.71. The molecule has 0 radical (unpaired) electrons. The molecule has 2 aromatic rings. The molecule has 2 rings (SSSR count). The van der Waals surface area contributed by atoms with Crippen molar-refractivity contribution in [2.45, 2.75) is 26.1 Å². The molecule has 1 aromatic heterocycles. The molecule has 0 unspecified atom stereocenters. The Hall–Kier alpha value is -2.82. The summed E-state index contributed by atoms with van der Waals surface area (Å²) >= 11 is 5.96. The topological polar surface area (TPSA) is 84.0 Å². The first-order chi connectivity index (χ1) is 12.9. The van der Waals surface area contributed by atoms with Crippen molar-refractivity contribution in [3.05, 3.63) is 40.8 Å². The average molecular weight is 423 g/mol. The number of hydrogen-bond acceptors (Lipinski definition) is 5. The van der Waals surface area contributed by atoms with Crippen molar-refractivity contribution < 1.29 is 31.5 Å². The highest BCUT2D eigenvalue weighted by molar-refractivity contribution is 6.33. The number of benzene rings is 1. The third-order valence-electron chi connectivity index (χ3n) is 3.40. The highest BCUT2D eigenvalue weighted by Crippen LogP contribution is 2.36. The maximum atomic E-state index is 14.2. The predicted octanol–water partition coefficient (Wildman–Crippen LogP) is 3.71. The standard InChI is InChI=1S/C16H12ClF5N4O2/c1-6(16(20,21)22)23-13-11(9-4-3-8(18)5-10(9)19)12(17)25-14(26-13)15(28)24-7(2)27/h3-6H,1-2H3,(H,23,25,26)(H,24,27,28)/t6-/m0/s1. The fourth-order valence-electron chi connectivity index (χ4n) is 2.07. The zero-order valence-electron chi connectivity index (χ0n) is 14.3. The molecule has 2 amide bonds. The lowest BCUT2D eigenvalue weighted by Gasteiger charge is -2.20. The van der Waals surface area contributed by atoms with E-state index < -0.39 is 58.0 Å². The van der Waals surface area contributed by atoms with Gasteiger partial charge in [-0.3, -0.25) is 14.9 Å². The summed E-state index contributed by atoms with van der Waals surface area (Å²) in [7, 11) is 0. The summed E-state index contributed by atoms with van der Waals surface area (Å²) in [5, 5.41) is 3.26. The van der Waals surface area contributed by atoms with Crippen LogP contribution in [0.25, 0.3) is 11.1 Å². The molecular formula is C16H12ClF5N4O2. The Kier molecular flexibility index (Phi) is 6.17. The normalized spacial score (nSPS) is 12.4. The third-order valence-corrected chi connectivity index (χ3v) is 3.68. The van der Waals surface area contributed by atoms with Gasteiger partial charge in [0.2, 0.25) is 11.7 Å². The molecule has 0 bridgehead atoms. The van der Waals surface area contributed by atoms with Gasteiger partial charge in [0, 0.05) is 18.6 Å². The summed E-state index contributed by atoms with van der Waals surface area (Å²) in [4.78, 5) is 30.2. The molecule has 6 nitrogen and oxygen atoms in total. The van der Waals surface area contributed by atoms with Gasteiger partial charge in [-0.15, -0.1) is 0 Å². The van der Waals surface area contributed by atoms with Gasteiger partial charge >= 0.3 is 6.18 Å². The van der Waals surface area contributed by atoms with Crippen molar-refractivity contribution in [3.8, 4) is 11.1 Å². The van der Waals surface area contributed by atoms with E-state index in [1.807, 2.05) is 10.6 Å². The minimum Gasteiger partial charge on any atom is -0.358 e. The Morgan fingerprint density at radius 2 is 1.82 bits per heavy atom. The first-order valence-corrected chi connectivity index (χ1v) is 7.96. The van der Waals surface area contributed by atoms with E-state index in [2.05, 4.69) is 9.97 Å². The second-order valence-corrected chi connectivity index (χ2v) is 5.96. The smallest absolute Gasteiger partial charge is 0.358 e. The number of carbonyl (C=O) groups is 2. The Bertz CT molecular complexity index is 936. The maximum Gasteiger partial charge on any atom is 0.408 e. The molecular weight excluding hydrogens is 411 g/mol. The fourth-order valence-corrected chi connectivity index (χ4v) is 2.34. The quantitative estimate of drug-likeness (QED) is 0.579. The van der Waals surface area contributed by atoms with Crippen LogP contribution < -0.4 is 10.6 Å². The number of hydrogen-bond donors (Lipinski definition) is 2. The van der Waals surface area contributed by atoms with Crippen LogP contribution >= 0.6 is 11.6 Å². The highest BCUT2D eigenvalue weighted by Gasteiger charge is 2.37. The van der Waals surface area contributed by atoms with E-state index in [4.69, 9.17) is 11.6 Å². The Morgan fingerprint density at radius 3 is 2.36 bits per heavy atom. The van der Waals surface area contributed by atoms with Crippen LogP contribution in [-0.2, 0) is 4.79 Å². The summed E-state index contributed by atoms with van der Waals surface area (Å²) < 4.78 is 66.2. The summed E-state index contributed by atoms with van der Waals surface area (Å²) in [5.41, 5.74) is -0.795. The molecule has 0 saturated carbocycles. The lowest BCUT2D eigenvalue weighted by Crippen LogP contribution is -2.34. The second-order valence-electron chi connectivity index (χ2n) is 5.60. The predicted molar refractivity (Wildman–Crippen MR) is 89.7 cm³/mol. The van der Waals surface area contributed by atoms with Crippen LogP contribution in [0.1, 0.15) is 24.5 Å². The van der Waals surface area contributed by atoms with E-state index in [0.29, 0.717) is 6.07 Å². The van der Waals surface area contributed by atoms with Crippen molar-refractivity contribution in [2.75, 3.05) is 5.32 Å². The van der Waals surface area contributed by atoms with E-state index in [1.165, 1.54) is 0 Å². The SMILES string of the molecule is CC(=O)NC(=O)c1nc(Cl)c(-c2ccc(F)cc2F)c(N[C@@H](C)C(F)(F)F)n1. The van der Waals surface area contributed by atoms with E-state index in [9.17, 15) is 31.5 Å². The molecule has 1 aromatic carbocycles. The number of carbonyl (C=O) groups excluding carboxylic acids is 2. The van der Waals surface area contributed by atoms with Gasteiger partial charge in [-0.1, -0.05) is 11.6 Å². The number of nitrogens with one attached hydrogen (secondary N) is 2. The van der Waals surface area contributed by atoms with Crippen LogP contribution in [0, 0.1) is 11.6 Å². The van der Waals surface area contributed by atoms with E-state index in [0.717, 1.165) is 26.0 Å². The van der Waals surface area contributed by atoms with Gasteiger partial charge in [0.25, 0.3) is 5.91 Å². The number of anilines is 1. The number of aromatic nitrogens is 2. The molecule has 0 spiro atoms. The summed E-state index contributed by atoms with van der Waals surface area (Å²) in [5.74, 6) is -5.28. The average Bonchev–Trinajstić information content (AvgIpc) is 2.54. The summed E-state index contributed by atoms with van der Waals surface area (Å²) in [6.45, 7) is 1.78. The van der Waals surface area contributed by atoms with Crippen molar-refractivity contribution in [2.24, 2.45) is 0 Å². The number of alkyl halides is 3. The van der Waals surface area contributed by atoms with Crippen LogP contribution in [0.3, 0.4) is 0 Å². The Balaban J connectivity index is 2.65. The van der Waals surface area contributed by atoms with Gasteiger partial charge in [-0.25, -0.2) is 18.7 Å². The molecule has 150 valence electrons. The third kappa shape index (κ3) is 4.91. The van der Waals surface area contributed by atoms with Gasteiger partial charge < -0.3 is 5.32 Å². The number of imide groups is 1.